The van der Waals surface area contributed by atoms with E-state index in [9.17, 15) is 0 Å². The smallest absolute Gasteiger partial charge is 0.0254 e. The molecule has 0 spiro atoms. The van der Waals surface area contributed by atoms with E-state index >= 15 is 0 Å². The molecule has 0 saturated heterocycles. The van der Waals surface area contributed by atoms with Crippen LogP contribution in [-0.2, 0) is 0 Å². The van der Waals surface area contributed by atoms with E-state index in [0.717, 1.165) is 32.7 Å². The molecule has 0 aliphatic heterocycles. The van der Waals surface area contributed by atoms with Gasteiger partial charge in [-0.15, -0.1) is 0 Å². The number of likely N-dealkylation sites (N-methyl/N-ethyl adjacent to an activating group) is 1. The van der Waals surface area contributed by atoms with Crippen molar-refractivity contribution in [3.63, 3.8) is 0 Å². The molecule has 0 unspecified atom stereocenters. The first-order valence-electron chi connectivity index (χ1n) is 8.71. The molecule has 124 valence electrons. The molecule has 1 aromatic carbocycles. The lowest BCUT2D eigenvalue weighted by Crippen LogP contribution is -2.27. The Hall–Kier alpha value is -1.28. The standard InChI is InChI=1S/C20H34N2/c1-8-21(9-2)14-19(15-22(10-3)11-4)20-17(6)12-16(5)13-18(20)7/h12-14H,8-11,15H2,1-7H3/b19-14-. The molecule has 0 atom stereocenters. The molecule has 0 heterocycles. The third-order valence-corrected chi connectivity index (χ3v) is 4.44. The van der Waals surface area contributed by atoms with Gasteiger partial charge in [-0.3, -0.25) is 4.90 Å². The van der Waals surface area contributed by atoms with Gasteiger partial charge in [0.05, 0.1) is 0 Å². The number of hydrogen-bond acceptors (Lipinski definition) is 2. The number of aryl methyl sites for hydroxylation is 3. The summed E-state index contributed by atoms with van der Waals surface area (Å²) in [5.41, 5.74) is 7.02. The van der Waals surface area contributed by atoms with Gasteiger partial charge in [-0.05, 0) is 70.0 Å². The van der Waals surface area contributed by atoms with Crippen molar-refractivity contribution in [2.24, 2.45) is 0 Å². The summed E-state index contributed by atoms with van der Waals surface area (Å²) in [6, 6.07) is 4.61. The number of nitrogens with zero attached hydrogens (tertiary/aromatic N) is 2. The zero-order chi connectivity index (χ0) is 16.7. The van der Waals surface area contributed by atoms with E-state index in [0.29, 0.717) is 0 Å². The summed E-state index contributed by atoms with van der Waals surface area (Å²) >= 11 is 0. The van der Waals surface area contributed by atoms with Crippen LogP contribution in [0.3, 0.4) is 0 Å². The number of rotatable bonds is 8. The predicted octanol–water partition coefficient (Wildman–Crippen LogP) is 4.64. The Morgan fingerprint density at radius 1 is 0.864 bits per heavy atom. The Morgan fingerprint density at radius 2 is 1.36 bits per heavy atom. The van der Waals surface area contributed by atoms with E-state index < -0.39 is 0 Å². The largest absolute Gasteiger partial charge is 0.378 e. The Balaban J connectivity index is 3.31. The first kappa shape index (κ1) is 18.8. The van der Waals surface area contributed by atoms with Gasteiger partial charge in [0.25, 0.3) is 0 Å². The minimum Gasteiger partial charge on any atom is -0.378 e. The summed E-state index contributed by atoms with van der Waals surface area (Å²) in [7, 11) is 0. The molecule has 0 aliphatic rings. The maximum absolute atomic E-state index is 2.49. The van der Waals surface area contributed by atoms with Crippen LogP contribution < -0.4 is 0 Å². The molecule has 2 heteroatoms. The van der Waals surface area contributed by atoms with Gasteiger partial charge < -0.3 is 4.90 Å². The van der Waals surface area contributed by atoms with Crippen LogP contribution in [-0.4, -0.2) is 42.5 Å². The highest BCUT2D eigenvalue weighted by atomic mass is 15.1. The second kappa shape index (κ2) is 8.99. The highest BCUT2D eigenvalue weighted by molar-refractivity contribution is 5.72. The molecule has 2 nitrogen and oxygen atoms in total. The summed E-state index contributed by atoms with van der Waals surface area (Å²) in [6.07, 6.45) is 2.38. The molecule has 0 saturated carbocycles. The molecule has 1 aromatic rings. The Labute approximate surface area is 137 Å². The second-order valence-corrected chi connectivity index (χ2v) is 6.11. The zero-order valence-corrected chi connectivity index (χ0v) is 15.7. The van der Waals surface area contributed by atoms with E-state index in [1.165, 1.54) is 27.8 Å². The fourth-order valence-corrected chi connectivity index (χ4v) is 3.19. The maximum atomic E-state index is 2.49. The van der Waals surface area contributed by atoms with E-state index in [2.05, 4.69) is 76.6 Å². The lowest BCUT2D eigenvalue weighted by Gasteiger charge is -2.25. The van der Waals surface area contributed by atoms with Crippen LogP contribution in [0.5, 0.6) is 0 Å². The van der Waals surface area contributed by atoms with Crippen LogP contribution in [0.15, 0.2) is 18.3 Å². The molecular weight excluding hydrogens is 268 g/mol. The van der Waals surface area contributed by atoms with Crippen LogP contribution in [0.2, 0.25) is 0 Å². The monoisotopic (exact) mass is 302 g/mol. The molecule has 0 radical (unpaired) electrons. The van der Waals surface area contributed by atoms with Gasteiger partial charge in [0.2, 0.25) is 0 Å². The Bertz CT molecular complexity index is 471. The second-order valence-electron chi connectivity index (χ2n) is 6.11. The highest BCUT2D eigenvalue weighted by Gasteiger charge is 2.13. The van der Waals surface area contributed by atoms with Gasteiger partial charge >= 0.3 is 0 Å². The third-order valence-electron chi connectivity index (χ3n) is 4.44. The average molecular weight is 303 g/mol. The van der Waals surface area contributed by atoms with Crippen LogP contribution >= 0.6 is 0 Å². The first-order chi connectivity index (χ1) is 10.5. The summed E-state index contributed by atoms with van der Waals surface area (Å²) in [6.45, 7) is 20.9. The van der Waals surface area contributed by atoms with Crippen molar-refractivity contribution in [2.75, 3.05) is 32.7 Å². The normalized spacial score (nSPS) is 12.1. The molecule has 0 aliphatic carbocycles. The summed E-state index contributed by atoms with van der Waals surface area (Å²) in [5, 5.41) is 0. The minimum atomic E-state index is 1.02. The lowest BCUT2D eigenvalue weighted by molar-refractivity contribution is 0.339. The zero-order valence-electron chi connectivity index (χ0n) is 15.7. The van der Waals surface area contributed by atoms with Crippen molar-refractivity contribution in [3.05, 3.63) is 40.6 Å². The van der Waals surface area contributed by atoms with Crippen molar-refractivity contribution in [3.8, 4) is 0 Å². The third kappa shape index (κ3) is 4.88. The fourth-order valence-electron chi connectivity index (χ4n) is 3.19. The van der Waals surface area contributed by atoms with Crippen molar-refractivity contribution in [2.45, 2.75) is 48.5 Å². The van der Waals surface area contributed by atoms with Crippen LogP contribution in [0.1, 0.15) is 49.9 Å². The SMILES string of the molecule is CCN(/C=C(/CN(CC)CC)c1c(C)cc(C)cc1C)CC. The predicted molar refractivity (Wildman–Crippen MR) is 99.3 cm³/mol. The highest BCUT2D eigenvalue weighted by Crippen LogP contribution is 2.26. The maximum Gasteiger partial charge on any atom is 0.0254 e. The van der Waals surface area contributed by atoms with Crippen LogP contribution in [0.4, 0.5) is 0 Å². The minimum absolute atomic E-state index is 1.02. The fraction of sp³-hybridized carbons (Fsp3) is 0.600. The molecule has 0 amide bonds. The van der Waals surface area contributed by atoms with Crippen molar-refractivity contribution in [1.82, 2.24) is 9.80 Å². The van der Waals surface area contributed by atoms with Gasteiger partial charge in [-0.25, -0.2) is 0 Å². The van der Waals surface area contributed by atoms with Crippen LogP contribution in [0.25, 0.3) is 5.57 Å². The Morgan fingerprint density at radius 3 is 1.77 bits per heavy atom. The van der Waals surface area contributed by atoms with Gasteiger partial charge in [-0.2, -0.15) is 0 Å². The average Bonchev–Trinajstić information content (AvgIpc) is 2.48. The van der Waals surface area contributed by atoms with Crippen molar-refractivity contribution < 1.29 is 0 Å². The van der Waals surface area contributed by atoms with E-state index in [4.69, 9.17) is 0 Å². The molecule has 0 bridgehead atoms. The molecular formula is C20H34N2. The summed E-state index contributed by atoms with van der Waals surface area (Å²) in [4.78, 5) is 4.89. The number of hydrogen-bond donors (Lipinski definition) is 0. The first-order valence-corrected chi connectivity index (χ1v) is 8.71. The number of benzene rings is 1. The molecule has 0 N–H and O–H groups in total. The molecule has 22 heavy (non-hydrogen) atoms. The van der Waals surface area contributed by atoms with E-state index in [-0.39, 0.29) is 0 Å². The molecule has 0 fully saturated rings. The van der Waals surface area contributed by atoms with Gasteiger partial charge in [-0.1, -0.05) is 31.5 Å². The van der Waals surface area contributed by atoms with Crippen molar-refractivity contribution in [1.29, 1.82) is 0 Å². The Kier molecular flexibility index (Phi) is 7.67. The quantitative estimate of drug-likeness (QED) is 0.690. The van der Waals surface area contributed by atoms with Gasteiger partial charge in [0, 0.05) is 25.8 Å². The van der Waals surface area contributed by atoms with E-state index in [1.807, 2.05) is 0 Å². The van der Waals surface area contributed by atoms with Gasteiger partial charge in [0.1, 0.15) is 0 Å². The summed E-state index contributed by atoms with van der Waals surface area (Å²) < 4.78 is 0. The topological polar surface area (TPSA) is 6.48 Å². The van der Waals surface area contributed by atoms with Crippen molar-refractivity contribution >= 4 is 5.57 Å². The lowest BCUT2D eigenvalue weighted by atomic mass is 9.93. The van der Waals surface area contributed by atoms with Crippen LogP contribution in [0, 0.1) is 20.8 Å². The van der Waals surface area contributed by atoms with Gasteiger partial charge in [0.15, 0.2) is 0 Å². The summed E-state index contributed by atoms with van der Waals surface area (Å²) in [5.74, 6) is 0. The molecule has 1 rings (SSSR count). The van der Waals surface area contributed by atoms with E-state index in [1.54, 1.807) is 0 Å². The molecule has 0 aromatic heterocycles.